The third-order valence-corrected chi connectivity index (χ3v) is 3.27. The molecule has 1 saturated heterocycles. The second-order valence-electron chi connectivity index (χ2n) is 4.27. The maximum absolute atomic E-state index is 13.1. The largest absolute Gasteiger partial charge is 0.310 e. The first-order valence-corrected chi connectivity index (χ1v) is 5.77. The van der Waals surface area contributed by atoms with E-state index in [0.717, 1.165) is 31.9 Å². The number of benzene rings is 1. The molecule has 1 aliphatic heterocycles. The quantitative estimate of drug-likeness (QED) is 0.834. The van der Waals surface area contributed by atoms with Gasteiger partial charge in [0, 0.05) is 23.6 Å². The van der Waals surface area contributed by atoms with Crippen LogP contribution in [0, 0.1) is 0 Å². The van der Waals surface area contributed by atoms with Crippen molar-refractivity contribution in [2.24, 2.45) is 0 Å². The molecule has 1 fully saturated rings. The standard InChI is InChI=1S/C12H14ClF2N/c1-12(14,15)8-4-5-9(10(13)7-8)11-3-2-6-16-11/h4-5,7,11,16H,2-3,6H2,1H3. The van der Waals surface area contributed by atoms with E-state index in [4.69, 9.17) is 11.6 Å². The van der Waals surface area contributed by atoms with Crippen molar-refractivity contribution in [3.05, 3.63) is 34.3 Å². The Bertz CT molecular complexity index is 381. The fourth-order valence-electron chi connectivity index (χ4n) is 2.03. The van der Waals surface area contributed by atoms with Crippen molar-refractivity contribution in [2.45, 2.75) is 31.7 Å². The summed E-state index contributed by atoms with van der Waals surface area (Å²) in [5.41, 5.74) is 0.895. The van der Waals surface area contributed by atoms with Crippen molar-refractivity contribution in [1.29, 1.82) is 0 Å². The fraction of sp³-hybridized carbons (Fsp3) is 0.500. The number of rotatable bonds is 2. The maximum Gasteiger partial charge on any atom is 0.270 e. The molecule has 1 unspecified atom stereocenters. The Hall–Kier alpha value is -0.670. The third kappa shape index (κ3) is 2.36. The van der Waals surface area contributed by atoms with Crippen LogP contribution in [0.25, 0.3) is 0 Å². The van der Waals surface area contributed by atoms with Gasteiger partial charge in [-0.3, -0.25) is 0 Å². The zero-order chi connectivity index (χ0) is 11.8. The van der Waals surface area contributed by atoms with E-state index in [9.17, 15) is 8.78 Å². The Morgan fingerprint density at radius 3 is 2.69 bits per heavy atom. The zero-order valence-electron chi connectivity index (χ0n) is 9.06. The van der Waals surface area contributed by atoms with E-state index < -0.39 is 5.92 Å². The van der Waals surface area contributed by atoms with Crippen LogP contribution in [-0.4, -0.2) is 6.54 Å². The van der Waals surface area contributed by atoms with Crippen molar-refractivity contribution in [3.63, 3.8) is 0 Å². The highest BCUT2D eigenvalue weighted by Gasteiger charge is 2.26. The first kappa shape index (κ1) is 11.8. The van der Waals surface area contributed by atoms with Gasteiger partial charge in [-0.05, 0) is 31.0 Å². The summed E-state index contributed by atoms with van der Waals surface area (Å²) in [7, 11) is 0. The molecule has 1 heterocycles. The number of nitrogens with one attached hydrogen (secondary N) is 1. The molecule has 88 valence electrons. The second-order valence-corrected chi connectivity index (χ2v) is 4.68. The summed E-state index contributed by atoms with van der Waals surface area (Å²) in [6, 6.07) is 4.75. The van der Waals surface area contributed by atoms with E-state index in [1.165, 1.54) is 12.1 Å². The van der Waals surface area contributed by atoms with Gasteiger partial charge in [0.2, 0.25) is 0 Å². The van der Waals surface area contributed by atoms with Crippen molar-refractivity contribution >= 4 is 11.6 Å². The highest BCUT2D eigenvalue weighted by Crippen LogP contribution is 2.34. The van der Waals surface area contributed by atoms with E-state index in [2.05, 4.69) is 5.32 Å². The molecular formula is C12H14ClF2N. The molecule has 0 radical (unpaired) electrons. The number of halogens is 3. The van der Waals surface area contributed by atoms with Gasteiger partial charge >= 0.3 is 0 Å². The normalized spacial score (nSPS) is 21.4. The molecule has 1 atom stereocenters. The zero-order valence-corrected chi connectivity index (χ0v) is 9.82. The Labute approximate surface area is 98.8 Å². The van der Waals surface area contributed by atoms with Crippen LogP contribution in [-0.2, 0) is 5.92 Å². The SMILES string of the molecule is CC(F)(F)c1ccc(C2CCCN2)c(Cl)c1. The summed E-state index contributed by atoms with van der Waals surface area (Å²) in [6.07, 6.45) is 2.12. The van der Waals surface area contributed by atoms with Crippen LogP contribution in [0.5, 0.6) is 0 Å². The summed E-state index contributed by atoms with van der Waals surface area (Å²) >= 11 is 6.04. The number of hydrogen-bond acceptors (Lipinski definition) is 1. The van der Waals surface area contributed by atoms with Crippen molar-refractivity contribution in [2.75, 3.05) is 6.54 Å². The fourth-order valence-corrected chi connectivity index (χ4v) is 2.35. The Morgan fingerprint density at radius 2 is 2.19 bits per heavy atom. The molecule has 4 heteroatoms. The summed E-state index contributed by atoms with van der Waals surface area (Å²) < 4.78 is 26.1. The molecule has 1 aromatic carbocycles. The highest BCUT2D eigenvalue weighted by molar-refractivity contribution is 6.31. The summed E-state index contributed by atoms with van der Waals surface area (Å²) in [4.78, 5) is 0. The van der Waals surface area contributed by atoms with Crippen molar-refractivity contribution in [1.82, 2.24) is 5.32 Å². The highest BCUT2D eigenvalue weighted by atomic mass is 35.5. The predicted molar refractivity (Wildman–Crippen MR) is 61.0 cm³/mol. The molecule has 1 aromatic rings. The van der Waals surface area contributed by atoms with E-state index >= 15 is 0 Å². The van der Waals surface area contributed by atoms with Gasteiger partial charge in [0.15, 0.2) is 0 Å². The molecule has 1 N–H and O–H groups in total. The van der Waals surface area contributed by atoms with Crippen LogP contribution in [0.1, 0.15) is 36.9 Å². The van der Waals surface area contributed by atoms with Crippen molar-refractivity contribution in [3.8, 4) is 0 Å². The molecule has 1 aliphatic rings. The van der Waals surface area contributed by atoms with Crippen LogP contribution < -0.4 is 5.32 Å². The molecule has 0 aromatic heterocycles. The molecule has 16 heavy (non-hydrogen) atoms. The first-order chi connectivity index (χ1) is 7.48. The smallest absolute Gasteiger partial charge is 0.270 e. The molecule has 2 rings (SSSR count). The third-order valence-electron chi connectivity index (χ3n) is 2.94. The number of alkyl halides is 2. The molecular weight excluding hydrogens is 232 g/mol. The molecule has 0 saturated carbocycles. The van der Waals surface area contributed by atoms with Gasteiger partial charge in [0.05, 0.1) is 0 Å². The van der Waals surface area contributed by atoms with Crippen LogP contribution in [0.2, 0.25) is 5.02 Å². The van der Waals surface area contributed by atoms with E-state index in [0.29, 0.717) is 5.02 Å². The molecule has 0 bridgehead atoms. The lowest BCUT2D eigenvalue weighted by molar-refractivity contribution is 0.0174. The minimum atomic E-state index is -2.83. The predicted octanol–water partition coefficient (Wildman–Crippen LogP) is 3.88. The van der Waals surface area contributed by atoms with Gasteiger partial charge in [-0.15, -0.1) is 0 Å². The summed E-state index contributed by atoms with van der Waals surface area (Å²) in [5.74, 6) is -2.83. The Kier molecular flexibility index (Phi) is 3.17. The Morgan fingerprint density at radius 1 is 1.44 bits per heavy atom. The number of hydrogen-bond donors (Lipinski definition) is 1. The average Bonchev–Trinajstić information content (AvgIpc) is 2.69. The van der Waals surface area contributed by atoms with E-state index in [-0.39, 0.29) is 11.6 Å². The monoisotopic (exact) mass is 245 g/mol. The lowest BCUT2D eigenvalue weighted by Crippen LogP contribution is -2.14. The molecule has 1 nitrogen and oxygen atoms in total. The minimum absolute atomic E-state index is 0.0285. The van der Waals surface area contributed by atoms with Crippen LogP contribution in [0.15, 0.2) is 18.2 Å². The topological polar surface area (TPSA) is 12.0 Å². The van der Waals surface area contributed by atoms with Crippen LogP contribution in [0.4, 0.5) is 8.78 Å². The van der Waals surface area contributed by atoms with Gasteiger partial charge in [0.25, 0.3) is 5.92 Å². The Balaban J connectivity index is 2.29. The van der Waals surface area contributed by atoms with E-state index in [1.54, 1.807) is 6.07 Å². The minimum Gasteiger partial charge on any atom is -0.310 e. The van der Waals surface area contributed by atoms with Crippen molar-refractivity contribution < 1.29 is 8.78 Å². The van der Waals surface area contributed by atoms with Gasteiger partial charge in [0.1, 0.15) is 0 Å². The van der Waals surface area contributed by atoms with Gasteiger partial charge in [-0.2, -0.15) is 0 Å². The molecule has 0 amide bonds. The lowest BCUT2D eigenvalue weighted by Gasteiger charge is -2.16. The van der Waals surface area contributed by atoms with Gasteiger partial charge in [-0.25, -0.2) is 8.78 Å². The maximum atomic E-state index is 13.1. The van der Waals surface area contributed by atoms with Gasteiger partial charge in [-0.1, -0.05) is 23.7 Å². The average molecular weight is 246 g/mol. The lowest BCUT2D eigenvalue weighted by atomic mass is 10.0. The summed E-state index contributed by atoms with van der Waals surface area (Å²) in [5, 5.41) is 3.73. The molecule has 0 aliphatic carbocycles. The second kappa shape index (κ2) is 4.30. The molecule has 0 spiro atoms. The van der Waals surface area contributed by atoms with Crippen LogP contribution in [0.3, 0.4) is 0 Å². The van der Waals surface area contributed by atoms with Crippen LogP contribution >= 0.6 is 11.6 Å². The van der Waals surface area contributed by atoms with E-state index in [1.807, 2.05) is 0 Å². The first-order valence-electron chi connectivity index (χ1n) is 5.39. The summed E-state index contributed by atoms with van der Waals surface area (Å²) in [6.45, 7) is 1.85. The van der Waals surface area contributed by atoms with Gasteiger partial charge < -0.3 is 5.32 Å².